The van der Waals surface area contributed by atoms with Gasteiger partial charge in [0.2, 0.25) is 0 Å². The molecule has 5 nitrogen and oxygen atoms in total. The number of carbonyl (C=O) groups excluding carboxylic acids is 1. The molecule has 144 valence electrons. The van der Waals surface area contributed by atoms with Crippen LogP contribution in [0.2, 0.25) is 0 Å². The van der Waals surface area contributed by atoms with Gasteiger partial charge in [0.1, 0.15) is 0 Å². The Labute approximate surface area is 161 Å². The molecule has 0 radical (unpaired) electrons. The predicted octanol–water partition coefficient (Wildman–Crippen LogP) is 2.75. The summed E-state index contributed by atoms with van der Waals surface area (Å²) in [5, 5.41) is 0. The molecule has 0 aromatic heterocycles. The summed E-state index contributed by atoms with van der Waals surface area (Å²) in [6, 6.07) is 14.8. The number of rotatable bonds is 4. The van der Waals surface area contributed by atoms with Gasteiger partial charge in [-0.15, -0.1) is 0 Å². The molecule has 0 aliphatic carbocycles. The van der Waals surface area contributed by atoms with Crippen LogP contribution in [-0.4, -0.2) is 56.6 Å². The summed E-state index contributed by atoms with van der Waals surface area (Å²) in [5.74, 6) is -0.0350. The minimum atomic E-state index is -3.25. The van der Waals surface area contributed by atoms with E-state index in [0.717, 1.165) is 32.6 Å². The van der Waals surface area contributed by atoms with Gasteiger partial charge in [-0.3, -0.25) is 9.69 Å². The molecule has 1 aliphatic rings. The van der Waals surface area contributed by atoms with Crippen LogP contribution in [0.15, 0.2) is 53.4 Å². The fraction of sp³-hybridized carbons (Fsp3) is 0.381. The van der Waals surface area contributed by atoms with Crippen molar-refractivity contribution in [2.75, 3.05) is 32.4 Å². The SMILES string of the molecule is Cc1ccc(CN2CCCN(C(=O)c3ccc(S(C)(=O)=O)cc3)CC2)cc1. The second-order valence-corrected chi connectivity index (χ2v) is 9.22. The lowest BCUT2D eigenvalue weighted by Crippen LogP contribution is -2.35. The summed E-state index contributed by atoms with van der Waals surface area (Å²) >= 11 is 0. The Kier molecular flexibility index (Phi) is 5.97. The van der Waals surface area contributed by atoms with Gasteiger partial charge in [0.15, 0.2) is 9.84 Å². The van der Waals surface area contributed by atoms with Gasteiger partial charge < -0.3 is 4.90 Å². The van der Waals surface area contributed by atoms with Crippen LogP contribution in [0.25, 0.3) is 0 Å². The van der Waals surface area contributed by atoms with E-state index in [0.29, 0.717) is 12.1 Å². The standard InChI is InChI=1S/C21H26N2O3S/c1-17-4-6-18(7-5-17)16-22-12-3-13-23(15-14-22)21(24)19-8-10-20(11-9-19)27(2,25)26/h4-11H,3,12-16H2,1-2H3. The third kappa shape index (κ3) is 5.17. The van der Waals surface area contributed by atoms with Crippen molar-refractivity contribution in [1.29, 1.82) is 0 Å². The molecule has 2 aromatic carbocycles. The summed E-state index contributed by atoms with van der Waals surface area (Å²) in [5.41, 5.74) is 3.08. The highest BCUT2D eigenvalue weighted by atomic mass is 32.2. The average molecular weight is 387 g/mol. The highest BCUT2D eigenvalue weighted by Crippen LogP contribution is 2.15. The third-order valence-corrected chi connectivity index (χ3v) is 6.06. The molecule has 1 heterocycles. The zero-order valence-corrected chi connectivity index (χ0v) is 16.7. The molecule has 0 spiro atoms. The van der Waals surface area contributed by atoms with Gasteiger partial charge in [0.05, 0.1) is 4.90 Å². The van der Waals surface area contributed by atoms with E-state index in [1.165, 1.54) is 29.5 Å². The molecule has 0 unspecified atom stereocenters. The highest BCUT2D eigenvalue weighted by molar-refractivity contribution is 7.90. The van der Waals surface area contributed by atoms with Gasteiger partial charge in [-0.1, -0.05) is 29.8 Å². The van der Waals surface area contributed by atoms with Crippen molar-refractivity contribution in [2.45, 2.75) is 24.8 Å². The maximum absolute atomic E-state index is 12.8. The summed E-state index contributed by atoms with van der Waals surface area (Å²) in [4.78, 5) is 17.3. The molecule has 0 N–H and O–H groups in total. The molecule has 1 aliphatic heterocycles. The van der Waals surface area contributed by atoms with Crippen LogP contribution in [0.4, 0.5) is 0 Å². The maximum atomic E-state index is 12.8. The van der Waals surface area contributed by atoms with Crippen LogP contribution >= 0.6 is 0 Å². The monoisotopic (exact) mass is 386 g/mol. The number of carbonyl (C=O) groups is 1. The van der Waals surface area contributed by atoms with Gasteiger partial charge >= 0.3 is 0 Å². The van der Waals surface area contributed by atoms with Crippen LogP contribution in [-0.2, 0) is 16.4 Å². The van der Waals surface area contributed by atoms with Gasteiger partial charge in [-0.05, 0) is 43.2 Å². The quantitative estimate of drug-likeness (QED) is 0.811. The Balaban J connectivity index is 1.61. The first-order valence-corrected chi connectivity index (χ1v) is 11.1. The van der Waals surface area contributed by atoms with Gasteiger partial charge in [-0.25, -0.2) is 8.42 Å². The Morgan fingerprint density at radius 1 is 0.926 bits per heavy atom. The van der Waals surface area contributed by atoms with Gasteiger partial charge in [0.25, 0.3) is 5.91 Å². The Morgan fingerprint density at radius 3 is 2.22 bits per heavy atom. The molecule has 2 aromatic rings. The summed E-state index contributed by atoms with van der Waals surface area (Å²) in [7, 11) is -3.25. The van der Waals surface area contributed by atoms with E-state index in [4.69, 9.17) is 0 Å². The van der Waals surface area contributed by atoms with E-state index in [1.807, 2.05) is 4.90 Å². The Bertz CT molecular complexity index is 890. The van der Waals surface area contributed by atoms with E-state index in [1.54, 1.807) is 12.1 Å². The number of hydrogen-bond acceptors (Lipinski definition) is 4. The molecule has 1 amide bonds. The molecular weight excluding hydrogens is 360 g/mol. The van der Waals surface area contributed by atoms with Gasteiger partial charge in [0, 0.05) is 44.5 Å². The summed E-state index contributed by atoms with van der Waals surface area (Å²) in [6.45, 7) is 6.17. The van der Waals surface area contributed by atoms with E-state index >= 15 is 0 Å². The number of amides is 1. The molecule has 0 bridgehead atoms. The predicted molar refractivity (Wildman–Crippen MR) is 107 cm³/mol. The second-order valence-electron chi connectivity index (χ2n) is 7.20. The largest absolute Gasteiger partial charge is 0.337 e. The number of benzene rings is 2. The fourth-order valence-electron chi connectivity index (χ4n) is 3.31. The van der Waals surface area contributed by atoms with Crippen LogP contribution < -0.4 is 0 Å². The molecule has 6 heteroatoms. The first-order valence-electron chi connectivity index (χ1n) is 9.20. The lowest BCUT2D eigenvalue weighted by molar-refractivity contribution is 0.0761. The zero-order valence-electron chi connectivity index (χ0n) is 15.9. The maximum Gasteiger partial charge on any atom is 0.253 e. The minimum Gasteiger partial charge on any atom is -0.337 e. The minimum absolute atomic E-state index is 0.0350. The smallest absolute Gasteiger partial charge is 0.253 e. The fourth-order valence-corrected chi connectivity index (χ4v) is 3.94. The number of sulfone groups is 1. The van der Waals surface area contributed by atoms with Crippen molar-refractivity contribution in [3.05, 3.63) is 65.2 Å². The lowest BCUT2D eigenvalue weighted by Gasteiger charge is -2.22. The number of nitrogens with zero attached hydrogens (tertiary/aromatic N) is 2. The first kappa shape index (κ1) is 19.6. The third-order valence-electron chi connectivity index (χ3n) is 4.93. The van der Waals surface area contributed by atoms with E-state index in [2.05, 4.69) is 36.1 Å². The first-order chi connectivity index (χ1) is 12.8. The van der Waals surface area contributed by atoms with Crippen molar-refractivity contribution in [2.24, 2.45) is 0 Å². The lowest BCUT2D eigenvalue weighted by atomic mass is 10.1. The van der Waals surface area contributed by atoms with Crippen LogP contribution in [0.5, 0.6) is 0 Å². The zero-order chi connectivity index (χ0) is 19.4. The topological polar surface area (TPSA) is 57.7 Å². The molecule has 0 atom stereocenters. The second kappa shape index (κ2) is 8.23. The average Bonchev–Trinajstić information content (AvgIpc) is 2.88. The van der Waals surface area contributed by atoms with Crippen molar-refractivity contribution in [3.8, 4) is 0 Å². The normalized spacial score (nSPS) is 16.1. The molecule has 1 fully saturated rings. The van der Waals surface area contributed by atoms with E-state index < -0.39 is 9.84 Å². The molecule has 3 rings (SSSR count). The molecule has 0 saturated carbocycles. The van der Waals surface area contributed by atoms with Crippen LogP contribution in [0.3, 0.4) is 0 Å². The molecular formula is C21H26N2O3S. The van der Waals surface area contributed by atoms with Crippen molar-refractivity contribution < 1.29 is 13.2 Å². The van der Waals surface area contributed by atoms with Crippen molar-refractivity contribution in [3.63, 3.8) is 0 Å². The summed E-state index contributed by atoms with van der Waals surface area (Å²) < 4.78 is 23.1. The number of hydrogen-bond donors (Lipinski definition) is 0. The van der Waals surface area contributed by atoms with Crippen LogP contribution in [0, 0.1) is 6.92 Å². The summed E-state index contributed by atoms with van der Waals surface area (Å²) in [6.07, 6.45) is 2.10. The Morgan fingerprint density at radius 2 is 1.59 bits per heavy atom. The highest BCUT2D eigenvalue weighted by Gasteiger charge is 2.20. The van der Waals surface area contributed by atoms with E-state index in [9.17, 15) is 13.2 Å². The van der Waals surface area contributed by atoms with Crippen LogP contribution in [0.1, 0.15) is 27.9 Å². The van der Waals surface area contributed by atoms with Crippen molar-refractivity contribution in [1.82, 2.24) is 9.80 Å². The Hall–Kier alpha value is -2.18. The van der Waals surface area contributed by atoms with E-state index in [-0.39, 0.29) is 10.8 Å². The molecule has 1 saturated heterocycles. The van der Waals surface area contributed by atoms with Gasteiger partial charge in [-0.2, -0.15) is 0 Å². The van der Waals surface area contributed by atoms with Crippen molar-refractivity contribution >= 4 is 15.7 Å². The molecule has 27 heavy (non-hydrogen) atoms. The number of aryl methyl sites for hydroxylation is 1.